The minimum absolute atomic E-state index is 0.0507. The number of benzene rings is 1. The smallest absolute Gasteiger partial charge is 0.151 e. The number of hydrogen-bond acceptors (Lipinski definition) is 4. The van der Waals surface area contributed by atoms with E-state index < -0.39 is 9.84 Å². The first-order chi connectivity index (χ1) is 9.05. The van der Waals surface area contributed by atoms with E-state index in [1.807, 2.05) is 24.3 Å². The fourth-order valence-electron chi connectivity index (χ4n) is 3.19. The number of rotatable bonds is 3. The number of hydrogen-bond donors (Lipinski definition) is 1. The van der Waals surface area contributed by atoms with E-state index in [9.17, 15) is 8.42 Å². The van der Waals surface area contributed by atoms with Crippen LogP contribution in [-0.4, -0.2) is 32.6 Å². The van der Waals surface area contributed by atoms with Gasteiger partial charge in [0.25, 0.3) is 0 Å². The van der Waals surface area contributed by atoms with Crippen LogP contribution in [0.15, 0.2) is 24.3 Å². The molecule has 5 heteroatoms. The van der Waals surface area contributed by atoms with Crippen LogP contribution in [-0.2, 0) is 9.84 Å². The molecule has 0 aromatic heterocycles. The molecule has 3 rings (SSSR count). The number of ether oxygens (including phenoxy) is 1. The van der Waals surface area contributed by atoms with E-state index in [0.29, 0.717) is 6.61 Å². The second-order valence-electron chi connectivity index (χ2n) is 5.47. The van der Waals surface area contributed by atoms with Crippen molar-refractivity contribution in [2.24, 2.45) is 0 Å². The number of sulfone groups is 1. The lowest BCUT2D eigenvalue weighted by molar-refractivity contribution is 0.297. The molecule has 0 amide bonds. The maximum Gasteiger partial charge on any atom is 0.151 e. The van der Waals surface area contributed by atoms with Crippen molar-refractivity contribution in [2.75, 3.05) is 12.9 Å². The van der Waals surface area contributed by atoms with E-state index in [0.717, 1.165) is 30.6 Å². The molecule has 0 bridgehead atoms. The van der Waals surface area contributed by atoms with Crippen molar-refractivity contribution < 1.29 is 13.2 Å². The van der Waals surface area contributed by atoms with E-state index in [2.05, 4.69) is 5.32 Å². The quantitative estimate of drug-likeness (QED) is 0.916. The molecule has 19 heavy (non-hydrogen) atoms. The van der Waals surface area contributed by atoms with Crippen molar-refractivity contribution in [1.82, 2.24) is 5.32 Å². The summed E-state index contributed by atoms with van der Waals surface area (Å²) >= 11 is 0. The third kappa shape index (κ3) is 2.49. The summed E-state index contributed by atoms with van der Waals surface area (Å²) in [7, 11) is -2.97. The second kappa shape index (κ2) is 4.80. The highest BCUT2D eigenvalue weighted by Gasteiger charge is 2.37. The summed E-state index contributed by atoms with van der Waals surface area (Å²) in [6.45, 7) is 0.590. The SMILES string of the molecule is CS(=O)(=O)C1CCCC1NC1COc2ccccc21. The third-order valence-corrected chi connectivity index (χ3v) is 5.78. The summed E-state index contributed by atoms with van der Waals surface area (Å²) in [5.41, 5.74) is 1.14. The van der Waals surface area contributed by atoms with Gasteiger partial charge in [-0.25, -0.2) is 8.42 Å². The molecule has 4 nitrogen and oxygen atoms in total. The van der Waals surface area contributed by atoms with Crippen LogP contribution < -0.4 is 10.1 Å². The second-order valence-corrected chi connectivity index (χ2v) is 7.74. The standard InChI is InChI=1S/C14H19NO3S/c1-19(16,17)14-8-4-6-11(14)15-12-9-18-13-7-3-2-5-10(12)13/h2-3,5,7,11-12,14-15H,4,6,8-9H2,1H3. The molecular weight excluding hydrogens is 262 g/mol. The first kappa shape index (κ1) is 12.9. The average molecular weight is 281 g/mol. The predicted molar refractivity (Wildman–Crippen MR) is 74.1 cm³/mol. The van der Waals surface area contributed by atoms with Gasteiger partial charge in [-0.15, -0.1) is 0 Å². The van der Waals surface area contributed by atoms with Gasteiger partial charge in [-0.1, -0.05) is 24.6 Å². The van der Waals surface area contributed by atoms with Gasteiger partial charge in [-0.3, -0.25) is 0 Å². The van der Waals surface area contributed by atoms with E-state index in [1.54, 1.807) is 0 Å². The molecule has 1 fully saturated rings. The van der Waals surface area contributed by atoms with Crippen LogP contribution >= 0.6 is 0 Å². The van der Waals surface area contributed by atoms with E-state index in [1.165, 1.54) is 6.26 Å². The van der Waals surface area contributed by atoms with Gasteiger partial charge in [0.1, 0.15) is 12.4 Å². The van der Waals surface area contributed by atoms with Crippen LogP contribution in [0.5, 0.6) is 5.75 Å². The van der Waals surface area contributed by atoms with Crippen molar-refractivity contribution in [1.29, 1.82) is 0 Å². The summed E-state index contributed by atoms with van der Waals surface area (Å²) < 4.78 is 29.2. The molecule has 1 saturated carbocycles. The number of nitrogens with one attached hydrogen (secondary N) is 1. The van der Waals surface area contributed by atoms with E-state index in [4.69, 9.17) is 4.74 Å². The van der Waals surface area contributed by atoms with Gasteiger partial charge >= 0.3 is 0 Å². The molecule has 3 unspecified atom stereocenters. The zero-order valence-electron chi connectivity index (χ0n) is 11.0. The van der Waals surface area contributed by atoms with Crippen LogP contribution in [0.25, 0.3) is 0 Å². The lowest BCUT2D eigenvalue weighted by Gasteiger charge is -2.23. The topological polar surface area (TPSA) is 55.4 Å². The van der Waals surface area contributed by atoms with Gasteiger partial charge in [0.05, 0.1) is 11.3 Å². The van der Waals surface area contributed by atoms with Crippen LogP contribution in [0.4, 0.5) is 0 Å². The first-order valence-electron chi connectivity index (χ1n) is 6.72. The first-order valence-corrected chi connectivity index (χ1v) is 8.68. The fourth-order valence-corrected chi connectivity index (χ4v) is 4.59. The lowest BCUT2D eigenvalue weighted by Crippen LogP contribution is -2.42. The summed E-state index contributed by atoms with van der Waals surface area (Å²) in [6.07, 6.45) is 4.02. The molecule has 104 valence electrons. The zero-order valence-corrected chi connectivity index (χ0v) is 11.8. The van der Waals surface area contributed by atoms with Crippen LogP contribution in [0.3, 0.4) is 0 Å². The van der Waals surface area contributed by atoms with Gasteiger partial charge in [0.15, 0.2) is 9.84 Å². The Labute approximate surface area is 114 Å². The number of fused-ring (bicyclic) bond motifs is 1. The highest BCUT2D eigenvalue weighted by Crippen LogP contribution is 2.34. The van der Waals surface area contributed by atoms with Crippen molar-refractivity contribution >= 4 is 9.84 Å². The van der Waals surface area contributed by atoms with Crippen molar-refractivity contribution in [2.45, 2.75) is 36.6 Å². The molecule has 1 aliphatic heterocycles. The summed E-state index contributed by atoms with van der Waals surface area (Å²) in [5.74, 6) is 0.911. The molecule has 0 spiro atoms. The maximum absolute atomic E-state index is 11.8. The Bertz CT molecular complexity index is 570. The molecule has 0 saturated heterocycles. The largest absolute Gasteiger partial charge is 0.491 e. The molecule has 0 radical (unpaired) electrons. The fraction of sp³-hybridized carbons (Fsp3) is 0.571. The summed E-state index contributed by atoms with van der Waals surface area (Å²) in [4.78, 5) is 0. The van der Waals surface area contributed by atoms with E-state index in [-0.39, 0.29) is 17.3 Å². The van der Waals surface area contributed by atoms with E-state index >= 15 is 0 Å². The molecule has 1 N–H and O–H groups in total. The molecule has 1 aromatic carbocycles. The van der Waals surface area contributed by atoms with Gasteiger partial charge in [-0.2, -0.15) is 0 Å². The minimum Gasteiger partial charge on any atom is -0.491 e. The monoisotopic (exact) mass is 281 g/mol. The highest BCUT2D eigenvalue weighted by molar-refractivity contribution is 7.91. The Hall–Kier alpha value is -1.07. The Morgan fingerprint density at radius 3 is 2.84 bits per heavy atom. The molecule has 1 heterocycles. The predicted octanol–water partition coefficient (Wildman–Crippen LogP) is 1.68. The lowest BCUT2D eigenvalue weighted by atomic mass is 10.1. The van der Waals surface area contributed by atoms with Crippen molar-refractivity contribution in [3.05, 3.63) is 29.8 Å². The third-order valence-electron chi connectivity index (χ3n) is 4.12. The summed E-state index contributed by atoms with van der Waals surface area (Å²) in [6, 6.07) is 8.11. The van der Waals surface area contributed by atoms with Crippen molar-refractivity contribution in [3.63, 3.8) is 0 Å². The van der Waals surface area contributed by atoms with Crippen LogP contribution in [0.1, 0.15) is 30.9 Å². The summed E-state index contributed by atoms with van der Waals surface area (Å²) in [5, 5.41) is 3.24. The van der Waals surface area contributed by atoms with Gasteiger partial charge in [0, 0.05) is 17.9 Å². The molecule has 1 aromatic rings. The van der Waals surface area contributed by atoms with Gasteiger partial charge in [0.2, 0.25) is 0 Å². The average Bonchev–Trinajstić information content (AvgIpc) is 2.97. The Morgan fingerprint density at radius 2 is 2.05 bits per heavy atom. The molecule has 2 aliphatic rings. The highest BCUT2D eigenvalue weighted by atomic mass is 32.2. The number of para-hydroxylation sites is 1. The zero-order chi connectivity index (χ0) is 13.5. The van der Waals surface area contributed by atoms with Crippen molar-refractivity contribution in [3.8, 4) is 5.75 Å². The minimum atomic E-state index is -2.97. The Morgan fingerprint density at radius 1 is 1.26 bits per heavy atom. The van der Waals surface area contributed by atoms with Crippen LogP contribution in [0.2, 0.25) is 0 Å². The van der Waals surface area contributed by atoms with Gasteiger partial charge in [-0.05, 0) is 18.9 Å². The molecule has 3 atom stereocenters. The Balaban J connectivity index is 1.76. The Kier molecular flexibility index (Phi) is 3.27. The van der Waals surface area contributed by atoms with Gasteiger partial charge < -0.3 is 10.1 Å². The maximum atomic E-state index is 11.8. The molecular formula is C14H19NO3S. The van der Waals surface area contributed by atoms with Crippen LogP contribution in [0, 0.1) is 0 Å². The molecule has 1 aliphatic carbocycles. The normalized spacial score (nSPS) is 30.1.